The van der Waals surface area contributed by atoms with E-state index in [9.17, 15) is 14.4 Å². The van der Waals surface area contributed by atoms with E-state index in [0.717, 1.165) is 19.3 Å². The fourth-order valence-corrected chi connectivity index (χ4v) is 3.52. The molecule has 0 bridgehead atoms. The van der Waals surface area contributed by atoms with Gasteiger partial charge in [0.1, 0.15) is 5.75 Å². The second-order valence-electron chi connectivity index (χ2n) is 8.15. The van der Waals surface area contributed by atoms with Gasteiger partial charge in [-0.1, -0.05) is 25.0 Å². The zero-order valence-corrected chi connectivity index (χ0v) is 20.1. The lowest BCUT2D eigenvalue weighted by atomic mass is 9.97. The molecule has 0 saturated heterocycles. The summed E-state index contributed by atoms with van der Waals surface area (Å²) in [4.78, 5) is 40.4. The molecule has 0 fully saturated rings. The van der Waals surface area contributed by atoms with Crippen molar-refractivity contribution in [3.05, 3.63) is 29.3 Å². The summed E-state index contributed by atoms with van der Waals surface area (Å²) in [6, 6.07) is 4.65. The molecule has 0 aliphatic carbocycles. The van der Waals surface area contributed by atoms with Crippen LogP contribution in [0, 0.1) is 0 Å². The lowest BCUT2D eigenvalue weighted by Gasteiger charge is -2.33. The molecule has 0 saturated carbocycles. The van der Waals surface area contributed by atoms with Crippen LogP contribution in [0.1, 0.15) is 81.0 Å². The number of carbonyl (C=O) groups is 3. The van der Waals surface area contributed by atoms with Crippen molar-refractivity contribution >= 4 is 28.8 Å². The number of nitrogens with zero attached hydrogens (tertiary/aromatic N) is 1. The first-order chi connectivity index (χ1) is 15.1. The van der Waals surface area contributed by atoms with Crippen LogP contribution in [0.2, 0.25) is 0 Å². The Bertz CT molecular complexity index is 846. The molecule has 1 aliphatic rings. The Kier molecular flexibility index (Phi) is 9.07. The van der Waals surface area contributed by atoms with E-state index < -0.39 is 22.8 Å². The standard InChI is InChI=1S/C23H32ClNO7/c1-6-22(4,30-8-3)13-15-31-23(5,7-2)12-14-29-17-11-9-10-16-18(17)20(27)25(19(16)26)32-21(24)28/h9-11H,6-8,12-15H2,1-5H3. The summed E-state index contributed by atoms with van der Waals surface area (Å²) < 4.78 is 17.9. The topological polar surface area (TPSA) is 91.4 Å². The predicted molar refractivity (Wildman–Crippen MR) is 119 cm³/mol. The Morgan fingerprint density at radius 1 is 0.969 bits per heavy atom. The summed E-state index contributed by atoms with van der Waals surface area (Å²) in [7, 11) is 0. The number of ether oxygens (including phenoxy) is 3. The van der Waals surface area contributed by atoms with Gasteiger partial charge in [0.15, 0.2) is 0 Å². The normalized spacial score (nSPS) is 17.0. The van der Waals surface area contributed by atoms with Gasteiger partial charge in [0.2, 0.25) is 0 Å². The molecule has 178 valence electrons. The maximum Gasteiger partial charge on any atom is 0.428 e. The number of hydroxylamine groups is 2. The first kappa shape index (κ1) is 26.1. The van der Waals surface area contributed by atoms with Crippen molar-refractivity contribution in [3.63, 3.8) is 0 Å². The van der Waals surface area contributed by atoms with Crippen molar-refractivity contribution in [1.29, 1.82) is 0 Å². The number of rotatable bonds is 13. The highest BCUT2D eigenvalue weighted by Crippen LogP contribution is 2.32. The number of benzene rings is 1. The summed E-state index contributed by atoms with van der Waals surface area (Å²) in [5.74, 6) is -1.32. The molecule has 0 radical (unpaired) electrons. The van der Waals surface area contributed by atoms with Gasteiger partial charge in [-0.2, -0.15) is 0 Å². The summed E-state index contributed by atoms with van der Waals surface area (Å²) in [6.45, 7) is 11.7. The number of halogens is 1. The number of carbonyl (C=O) groups excluding carboxylic acids is 3. The van der Waals surface area contributed by atoms with Crippen LogP contribution in [-0.2, 0) is 14.3 Å². The Morgan fingerprint density at radius 2 is 1.59 bits per heavy atom. The van der Waals surface area contributed by atoms with Gasteiger partial charge in [-0.05, 0) is 52.2 Å². The minimum absolute atomic E-state index is 0.0463. The fraction of sp³-hybridized carbons (Fsp3) is 0.609. The van der Waals surface area contributed by atoms with Crippen LogP contribution < -0.4 is 4.74 Å². The lowest BCUT2D eigenvalue weighted by Crippen LogP contribution is -2.35. The van der Waals surface area contributed by atoms with Gasteiger partial charge in [-0.15, -0.1) is 0 Å². The highest BCUT2D eigenvalue weighted by atomic mass is 35.5. The Balaban J connectivity index is 1.99. The minimum atomic E-state index is -1.28. The van der Waals surface area contributed by atoms with E-state index in [0.29, 0.717) is 24.7 Å². The van der Waals surface area contributed by atoms with E-state index in [1.165, 1.54) is 6.07 Å². The zero-order valence-electron chi connectivity index (χ0n) is 19.4. The second-order valence-corrected chi connectivity index (χ2v) is 8.46. The summed E-state index contributed by atoms with van der Waals surface area (Å²) in [5, 5.41) is 0.342. The van der Waals surface area contributed by atoms with Gasteiger partial charge in [0.05, 0.1) is 35.5 Å². The van der Waals surface area contributed by atoms with Crippen molar-refractivity contribution in [2.45, 2.75) is 71.5 Å². The molecule has 0 N–H and O–H groups in total. The van der Waals surface area contributed by atoms with E-state index in [1.54, 1.807) is 12.1 Å². The van der Waals surface area contributed by atoms with Crippen molar-refractivity contribution < 1.29 is 33.4 Å². The molecule has 8 nitrogen and oxygen atoms in total. The van der Waals surface area contributed by atoms with Gasteiger partial charge in [-0.25, -0.2) is 4.79 Å². The number of hydrogen-bond acceptors (Lipinski definition) is 7. The molecule has 0 spiro atoms. The smallest absolute Gasteiger partial charge is 0.428 e. The third kappa shape index (κ3) is 6.21. The van der Waals surface area contributed by atoms with E-state index in [1.807, 2.05) is 20.8 Å². The molecule has 0 aromatic heterocycles. The highest BCUT2D eigenvalue weighted by molar-refractivity contribution is 6.61. The molecule has 2 unspecified atom stereocenters. The molecular weight excluding hydrogens is 438 g/mol. The van der Waals surface area contributed by atoms with Crippen molar-refractivity contribution in [1.82, 2.24) is 5.06 Å². The number of hydrogen-bond donors (Lipinski definition) is 0. The van der Waals surface area contributed by atoms with Crippen LogP contribution in [0.5, 0.6) is 5.75 Å². The lowest BCUT2D eigenvalue weighted by molar-refractivity contribution is -0.0902. The molecule has 1 aliphatic heterocycles. The quantitative estimate of drug-likeness (QED) is 0.292. The average molecular weight is 470 g/mol. The monoisotopic (exact) mass is 469 g/mol. The van der Waals surface area contributed by atoms with Gasteiger partial charge < -0.3 is 19.0 Å². The van der Waals surface area contributed by atoms with E-state index in [2.05, 4.69) is 18.7 Å². The van der Waals surface area contributed by atoms with Crippen molar-refractivity contribution in [2.24, 2.45) is 0 Å². The Hall–Kier alpha value is -2.16. The van der Waals surface area contributed by atoms with Crippen LogP contribution in [0.15, 0.2) is 18.2 Å². The molecule has 32 heavy (non-hydrogen) atoms. The number of imide groups is 1. The number of fused-ring (bicyclic) bond motifs is 1. The maximum absolute atomic E-state index is 12.5. The molecule has 1 heterocycles. The first-order valence-electron chi connectivity index (χ1n) is 10.9. The van der Waals surface area contributed by atoms with Crippen molar-refractivity contribution in [3.8, 4) is 5.75 Å². The molecule has 9 heteroatoms. The molecule has 2 atom stereocenters. The fourth-order valence-electron chi connectivity index (χ4n) is 3.45. The minimum Gasteiger partial charge on any atom is -0.493 e. The Morgan fingerprint density at radius 3 is 2.19 bits per heavy atom. The molecule has 2 rings (SSSR count). The van der Waals surface area contributed by atoms with Crippen LogP contribution in [-0.4, -0.2) is 53.3 Å². The summed E-state index contributed by atoms with van der Waals surface area (Å²) in [5.41, 5.74) is -1.77. The van der Waals surface area contributed by atoms with Crippen molar-refractivity contribution in [2.75, 3.05) is 19.8 Å². The van der Waals surface area contributed by atoms with E-state index >= 15 is 0 Å². The highest BCUT2D eigenvalue weighted by Gasteiger charge is 2.41. The third-order valence-corrected chi connectivity index (χ3v) is 6.03. The van der Waals surface area contributed by atoms with Gasteiger partial charge >= 0.3 is 5.43 Å². The summed E-state index contributed by atoms with van der Waals surface area (Å²) in [6.07, 6.45) is 3.04. The first-order valence-corrected chi connectivity index (χ1v) is 11.3. The maximum atomic E-state index is 12.5. The SMILES string of the molecule is CCOC(C)(CC)CCOC(C)(CC)CCOc1cccc2c1C(=O)N(OC(=O)Cl)C2=O. The van der Waals surface area contributed by atoms with Crippen LogP contribution in [0.3, 0.4) is 0 Å². The zero-order chi connectivity index (χ0) is 23.9. The largest absolute Gasteiger partial charge is 0.493 e. The average Bonchev–Trinajstić information content (AvgIpc) is 2.99. The Labute approximate surface area is 194 Å². The van der Waals surface area contributed by atoms with Gasteiger partial charge in [0, 0.05) is 24.6 Å². The van der Waals surface area contributed by atoms with Gasteiger partial charge in [0.25, 0.3) is 11.8 Å². The van der Waals surface area contributed by atoms with Crippen LogP contribution in [0.25, 0.3) is 0 Å². The molecular formula is C23H32ClNO7. The second kappa shape index (κ2) is 11.1. The third-order valence-electron chi connectivity index (χ3n) is 5.96. The van der Waals surface area contributed by atoms with Gasteiger partial charge in [-0.3, -0.25) is 9.59 Å². The molecule has 1 aromatic rings. The number of amides is 2. The van der Waals surface area contributed by atoms with E-state index in [4.69, 9.17) is 25.8 Å². The van der Waals surface area contributed by atoms with Crippen LogP contribution >= 0.6 is 11.6 Å². The molecule has 1 aromatic carbocycles. The summed E-state index contributed by atoms with van der Waals surface area (Å²) >= 11 is 5.16. The van der Waals surface area contributed by atoms with E-state index in [-0.39, 0.29) is 29.1 Å². The predicted octanol–water partition coefficient (Wildman–Crippen LogP) is 5.12. The van der Waals surface area contributed by atoms with Crippen LogP contribution in [0.4, 0.5) is 4.79 Å². The molecule has 2 amide bonds.